The van der Waals surface area contributed by atoms with Gasteiger partial charge in [-0.25, -0.2) is 0 Å². The van der Waals surface area contributed by atoms with Crippen molar-refractivity contribution in [1.82, 2.24) is 0 Å². The average molecular weight is 282 g/mol. The van der Waals surface area contributed by atoms with Gasteiger partial charge in [0.25, 0.3) is 0 Å². The Hall–Kier alpha value is -1.22. The number of halogens is 2. The smallest absolute Gasteiger partial charge is 0.0750 e. The van der Waals surface area contributed by atoms with E-state index < -0.39 is 0 Å². The fraction of sp³-hybridized carbons (Fsp3) is 0.143. The van der Waals surface area contributed by atoms with Crippen LogP contribution in [-0.4, -0.2) is 0 Å². The molecule has 0 fully saturated rings. The van der Waals surface area contributed by atoms with E-state index in [9.17, 15) is 0 Å². The molecule has 2 nitrogen and oxygen atoms in total. The van der Waals surface area contributed by atoms with Gasteiger partial charge < -0.3 is 10.5 Å². The van der Waals surface area contributed by atoms with Crippen LogP contribution in [0.3, 0.4) is 0 Å². The number of nitrogen functional groups attached to an aromatic ring is 1. The van der Waals surface area contributed by atoms with Gasteiger partial charge in [-0.1, -0.05) is 41.4 Å². The molecule has 0 saturated carbocycles. The third kappa shape index (κ3) is 3.39. The lowest BCUT2D eigenvalue weighted by Gasteiger charge is -2.08. The standard InChI is InChI=1S/C14H13Cl2NO/c15-13-2-1-3-14(16)12(13)9-18-8-10-4-6-11(17)7-5-10/h1-7H,8-9,17H2. The molecule has 0 amide bonds. The zero-order valence-electron chi connectivity index (χ0n) is 9.70. The number of benzene rings is 2. The summed E-state index contributed by atoms with van der Waals surface area (Å²) in [5.74, 6) is 0. The average Bonchev–Trinajstić information content (AvgIpc) is 2.35. The minimum absolute atomic E-state index is 0.392. The first kappa shape index (κ1) is 13.2. The highest BCUT2D eigenvalue weighted by Crippen LogP contribution is 2.25. The van der Waals surface area contributed by atoms with E-state index in [1.165, 1.54) is 0 Å². The van der Waals surface area contributed by atoms with E-state index >= 15 is 0 Å². The Kier molecular flexibility index (Phi) is 4.48. The zero-order valence-corrected chi connectivity index (χ0v) is 11.2. The summed E-state index contributed by atoms with van der Waals surface area (Å²) >= 11 is 12.1. The van der Waals surface area contributed by atoms with Gasteiger partial charge in [0.05, 0.1) is 13.2 Å². The second kappa shape index (κ2) is 6.10. The highest BCUT2D eigenvalue weighted by Gasteiger charge is 2.05. The summed E-state index contributed by atoms with van der Waals surface area (Å²) in [6.07, 6.45) is 0. The molecule has 0 aliphatic rings. The van der Waals surface area contributed by atoms with Crippen molar-refractivity contribution >= 4 is 28.9 Å². The van der Waals surface area contributed by atoms with Crippen LogP contribution in [0.1, 0.15) is 11.1 Å². The van der Waals surface area contributed by atoms with Gasteiger partial charge in [0, 0.05) is 21.3 Å². The molecule has 4 heteroatoms. The van der Waals surface area contributed by atoms with Crippen LogP contribution >= 0.6 is 23.2 Å². The van der Waals surface area contributed by atoms with Crippen LogP contribution in [0.2, 0.25) is 10.0 Å². The van der Waals surface area contributed by atoms with E-state index in [-0.39, 0.29) is 0 Å². The van der Waals surface area contributed by atoms with Crippen molar-refractivity contribution < 1.29 is 4.74 Å². The highest BCUT2D eigenvalue weighted by molar-refractivity contribution is 6.35. The second-order valence-corrected chi connectivity index (χ2v) is 4.75. The molecule has 0 unspecified atom stereocenters. The summed E-state index contributed by atoms with van der Waals surface area (Å²) in [5, 5.41) is 1.25. The minimum atomic E-state index is 0.392. The van der Waals surface area contributed by atoms with Crippen LogP contribution in [0.5, 0.6) is 0 Å². The number of nitrogens with two attached hydrogens (primary N) is 1. The van der Waals surface area contributed by atoms with Crippen molar-refractivity contribution in [2.45, 2.75) is 13.2 Å². The number of hydrogen-bond donors (Lipinski definition) is 1. The molecule has 0 saturated heterocycles. The zero-order chi connectivity index (χ0) is 13.0. The van der Waals surface area contributed by atoms with Gasteiger partial charge in [-0.15, -0.1) is 0 Å². The van der Waals surface area contributed by atoms with Crippen LogP contribution in [0.15, 0.2) is 42.5 Å². The van der Waals surface area contributed by atoms with E-state index in [1.54, 1.807) is 12.1 Å². The number of rotatable bonds is 4. The molecule has 0 aliphatic carbocycles. The van der Waals surface area contributed by atoms with Crippen molar-refractivity contribution in [1.29, 1.82) is 0 Å². The van der Waals surface area contributed by atoms with Gasteiger partial charge in [0.2, 0.25) is 0 Å². The maximum absolute atomic E-state index is 6.05. The number of anilines is 1. The molecular weight excluding hydrogens is 269 g/mol. The van der Waals surface area contributed by atoms with E-state index in [0.29, 0.717) is 23.3 Å². The van der Waals surface area contributed by atoms with Crippen LogP contribution in [-0.2, 0) is 18.0 Å². The molecule has 2 N–H and O–H groups in total. The van der Waals surface area contributed by atoms with Crippen molar-refractivity contribution in [3.8, 4) is 0 Å². The molecule has 2 rings (SSSR count). The molecule has 94 valence electrons. The van der Waals surface area contributed by atoms with E-state index in [4.69, 9.17) is 33.7 Å². The summed E-state index contributed by atoms with van der Waals surface area (Å²) in [4.78, 5) is 0. The van der Waals surface area contributed by atoms with Crippen LogP contribution < -0.4 is 5.73 Å². The first-order chi connectivity index (χ1) is 8.66. The van der Waals surface area contributed by atoms with Crippen LogP contribution in [0.4, 0.5) is 5.69 Å². The topological polar surface area (TPSA) is 35.2 Å². The molecule has 0 aromatic heterocycles. The number of hydrogen-bond acceptors (Lipinski definition) is 2. The maximum atomic E-state index is 6.05. The Morgan fingerprint density at radius 3 is 2.11 bits per heavy atom. The highest BCUT2D eigenvalue weighted by atomic mass is 35.5. The van der Waals surface area contributed by atoms with Gasteiger partial charge >= 0.3 is 0 Å². The molecule has 0 spiro atoms. The normalized spacial score (nSPS) is 10.6. The lowest BCUT2D eigenvalue weighted by atomic mass is 10.2. The van der Waals surface area contributed by atoms with Gasteiger partial charge in [-0.3, -0.25) is 0 Å². The molecule has 18 heavy (non-hydrogen) atoms. The van der Waals surface area contributed by atoms with Gasteiger partial charge in [0.15, 0.2) is 0 Å². The Balaban J connectivity index is 1.94. The molecule has 2 aromatic rings. The summed E-state index contributed by atoms with van der Waals surface area (Å²) in [7, 11) is 0. The first-order valence-corrected chi connectivity index (χ1v) is 6.27. The summed E-state index contributed by atoms with van der Waals surface area (Å²) in [5.41, 5.74) is 8.23. The van der Waals surface area contributed by atoms with Gasteiger partial charge in [-0.2, -0.15) is 0 Å². The summed E-state index contributed by atoms with van der Waals surface area (Å²) < 4.78 is 5.60. The quantitative estimate of drug-likeness (QED) is 0.849. The van der Waals surface area contributed by atoms with Gasteiger partial charge in [0.1, 0.15) is 0 Å². The summed E-state index contributed by atoms with van der Waals surface area (Å²) in [6, 6.07) is 13.0. The number of ether oxygens (including phenoxy) is 1. The monoisotopic (exact) mass is 281 g/mol. The lowest BCUT2D eigenvalue weighted by molar-refractivity contribution is 0.107. The first-order valence-electron chi connectivity index (χ1n) is 5.52. The third-order valence-electron chi connectivity index (χ3n) is 2.56. The van der Waals surface area contributed by atoms with Crippen LogP contribution in [0, 0.1) is 0 Å². The maximum Gasteiger partial charge on any atom is 0.0750 e. The molecule has 0 atom stereocenters. The second-order valence-electron chi connectivity index (χ2n) is 3.93. The van der Waals surface area contributed by atoms with Gasteiger partial charge in [-0.05, 0) is 29.8 Å². The molecule has 2 aromatic carbocycles. The molecular formula is C14H13Cl2NO. The van der Waals surface area contributed by atoms with Crippen molar-refractivity contribution in [2.75, 3.05) is 5.73 Å². The van der Waals surface area contributed by atoms with Crippen LogP contribution in [0.25, 0.3) is 0 Å². The SMILES string of the molecule is Nc1ccc(COCc2c(Cl)cccc2Cl)cc1. The van der Waals surface area contributed by atoms with E-state index in [2.05, 4.69) is 0 Å². The predicted molar refractivity (Wildman–Crippen MR) is 75.8 cm³/mol. The molecule has 0 radical (unpaired) electrons. The lowest BCUT2D eigenvalue weighted by Crippen LogP contribution is -1.96. The fourth-order valence-corrected chi connectivity index (χ4v) is 2.06. The van der Waals surface area contributed by atoms with Crippen molar-refractivity contribution in [2.24, 2.45) is 0 Å². The van der Waals surface area contributed by atoms with Crippen molar-refractivity contribution in [3.63, 3.8) is 0 Å². The van der Waals surface area contributed by atoms with E-state index in [1.807, 2.05) is 30.3 Å². The van der Waals surface area contributed by atoms with Crippen molar-refractivity contribution in [3.05, 3.63) is 63.6 Å². The largest absolute Gasteiger partial charge is 0.399 e. The molecule has 0 heterocycles. The Bertz CT molecular complexity index is 506. The Labute approximate surface area is 116 Å². The van der Waals surface area contributed by atoms with E-state index in [0.717, 1.165) is 16.8 Å². The Morgan fingerprint density at radius 2 is 1.50 bits per heavy atom. The minimum Gasteiger partial charge on any atom is -0.399 e. The molecule has 0 aliphatic heterocycles. The Morgan fingerprint density at radius 1 is 0.889 bits per heavy atom. The third-order valence-corrected chi connectivity index (χ3v) is 3.26. The fourth-order valence-electron chi connectivity index (χ4n) is 1.56. The predicted octanol–water partition coefficient (Wildman–Crippen LogP) is 4.29. The molecule has 0 bridgehead atoms. The summed E-state index contributed by atoms with van der Waals surface area (Å²) in [6.45, 7) is 0.894.